The summed E-state index contributed by atoms with van der Waals surface area (Å²) in [5, 5.41) is 0.653. The molecule has 0 fully saturated rings. The smallest absolute Gasteiger partial charge is 0.329 e. The Labute approximate surface area is 100 Å². The molecular weight excluding hydrogens is 252 g/mol. The van der Waals surface area contributed by atoms with Crippen LogP contribution >= 0.6 is 0 Å². The predicted molar refractivity (Wildman–Crippen MR) is 59.9 cm³/mol. The molecule has 1 aliphatic rings. The van der Waals surface area contributed by atoms with E-state index in [9.17, 15) is 17.2 Å². The first-order valence-electron chi connectivity index (χ1n) is 5.33. The average molecular weight is 270 g/mol. The highest BCUT2D eigenvalue weighted by molar-refractivity contribution is 7.90. The highest BCUT2D eigenvalue weighted by Gasteiger charge is 2.63. The third-order valence-electron chi connectivity index (χ3n) is 2.85. The molecule has 0 aliphatic carbocycles. The highest BCUT2D eigenvalue weighted by atomic mass is 32.2. The van der Waals surface area contributed by atoms with Crippen LogP contribution in [0.25, 0.3) is 0 Å². The molecule has 0 saturated heterocycles. The summed E-state index contributed by atoms with van der Waals surface area (Å²) < 4.78 is 49.1. The maximum atomic E-state index is 14.0. The largest absolute Gasteiger partial charge is 0.516 e. The normalized spacial score (nSPS) is 25.6. The van der Waals surface area contributed by atoms with Crippen LogP contribution in [-0.2, 0) is 10.0 Å². The molecule has 1 aliphatic heterocycles. The van der Waals surface area contributed by atoms with Crippen LogP contribution in [0.15, 0.2) is 12.4 Å². The predicted octanol–water partition coefficient (Wildman–Crippen LogP) is 0.816. The van der Waals surface area contributed by atoms with Gasteiger partial charge in [-0.2, -0.15) is 8.42 Å². The molecule has 8 heteroatoms. The van der Waals surface area contributed by atoms with Crippen LogP contribution in [0.3, 0.4) is 0 Å². The Balaban J connectivity index is 3.13. The van der Waals surface area contributed by atoms with E-state index in [1.807, 2.05) is 6.92 Å². The van der Waals surface area contributed by atoms with Gasteiger partial charge in [-0.3, -0.25) is 0 Å². The summed E-state index contributed by atoms with van der Waals surface area (Å²) in [4.78, 5) is 1.52. The topological polar surface area (TPSA) is 63.4 Å². The fourth-order valence-corrected chi connectivity index (χ4v) is 2.59. The summed E-state index contributed by atoms with van der Waals surface area (Å²) in [6, 6.07) is 0. The van der Waals surface area contributed by atoms with Crippen LogP contribution in [0.5, 0.6) is 0 Å². The van der Waals surface area contributed by atoms with Gasteiger partial charge in [0.1, 0.15) is 6.20 Å². The number of sulfonamides is 1. The molecule has 0 spiro atoms. The van der Waals surface area contributed by atoms with Gasteiger partial charge < -0.3 is 4.90 Å². The van der Waals surface area contributed by atoms with E-state index in [0.717, 1.165) is 0 Å². The summed E-state index contributed by atoms with van der Waals surface area (Å²) in [5.74, 6) is 0. The van der Waals surface area contributed by atoms with Crippen molar-refractivity contribution in [3.63, 3.8) is 0 Å². The zero-order chi connectivity index (χ0) is 13.3. The summed E-state index contributed by atoms with van der Waals surface area (Å²) in [5.41, 5.74) is 0. The number of halogens is 2. The van der Waals surface area contributed by atoms with Gasteiger partial charge in [-0.1, -0.05) is 13.3 Å². The van der Waals surface area contributed by atoms with Crippen molar-refractivity contribution in [2.45, 2.75) is 25.1 Å². The van der Waals surface area contributed by atoms with E-state index in [2.05, 4.69) is 5.14 Å². The van der Waals surface area contributed by atoms with Crippen LogP contribution < -0.4 is 5.14 Å². The SMILES string of the molecule is CCCC[N+]1(C(F)(F)S(N)(=O)=O)C=CN(C)C1. The van der Waals surface area contributed by atoms with Crippen molar-refractivity contribution >= 4 is 10.0 Å². The lowest BCUT2D eigenvalue weighted by atomic mass is 10.3. The molecule has 0 amide bonds. The van der Waals surface area contributed by atoms with Gasteiger partial charge in [0.15, 0.2) is 6.67 Å². The van der Waals surface area contributed by atoms with Crippen molar-refractivity contribution in [3.8, 4) is 0 Å². The van der Waals surface area contributed by atoms with Gasteiger partial charge >= 0.3 is 15.4 Å². The molecule has 1 atom stereocenters. The molecular formula is C9H18F2N3O2S+. The molecule has 1 heterocycles. The second-order valence-corrected chi connectivity index (χ2v) is 5.92. The second kappa shape index (κ2) is 4.51. The van der Waals surface area contributed by atoms with Gasteiger partial charge in [-0.15, -0.1) is 8.78 Å². The summed E-state index contributed by atoms with van der Waals surface area (Å²) >= 11 is 0. The van der Waals surface area contributed by atoms with Crippen LogP contribution in [-0.4, -0.2) is 43.4 Å². The molecule has 0 radical (unpaired) electrons. The van der Waals surface area contributed by atoms with Gasteiger partial charge in [0.2, 0.25) is 0 Å². The number of alkyl halides is 2. The standard InChI is InChI=1S/C9H18F2N3O2S/c1-3-4-6-14(7-5-13(2)8-14)9(10,11)17(12,15)16/h5,7H,3-4,6,8H2,1-2H3,(H2,12,15,16)/q+1. The molecule has 0 aromatic carbocycles. The number of rotatable bonds is 5. The first-order chi connectivity index (χ1) is 7.66. The molecule has 100 valence electrons. The first-order valence-corrected chi connectivity index (χ1v) is 6.87. The second-order valence-electron chi connectivity index (χ2n) is 4.34. The Morgan fingerprint density at radius 3 is 2.47 bits per heavy atom. The number of nitrogens with two attached hydrogens (primary N) is 1. The lowest BCUT2D eigenvalue weighted by molar-refractivity contribution is -0.949. The fraction of sp³-hybridized carbons (Fsp3) is 0.778. The van der Waals surface area contributed by atoms with E-state index in [-0.39, 0.29) is 13.2 Å². The lowest BCUT2D eigenvalue weighted by Crippen LogP contribution is -2.62. The van der Waals surface area contributed by atoms with Gasteiger partial charge in [-0.05, 0) is 6.42 Å². The average Bonchev–Trinajstić information content (AvgIpc) is 2.57. The van der Waals surface area contributed by atoms with Crippen LogP contribution in [0.4, 0.5) is 8.78 Å². The molecule has 0 aromatic rings. The van der Waals surface area contributed by atoms with E-state index >= 15 is 0 Å². The first kappa shape index (κ1) is 14.3. The van der Waals surface area contributed by atoms with Gasteiger partial charge in [0, 0.05) is 7.05 Å². The Morgan fingerprint density at radius 2 is 2.12 bits per heavy atom. The van der Waals surface area contributed by atoms with Crippen LogP contribution in [0, 0.1) is 0 Å². The molecule has 2 N–H and O–H groups in total. The number of primary sulfonamides is 1. The number of quaternary nitrogens is 1. The summed E-state index contributed by atoms with van der Waals surface area (Å²) in [6.45, 7) is 1.80. The molecule has 5 nitrogen and oxygen atoms in total. The van der Waals surface area contributed by atoms with Crippen molar-refractivity contribution < 1.29 is 21.7 Å². The van der Waals surface area contributed by atoms with E-state index < -0.39 is 19.9 Å². The Kier molecular flexibility index (Phi) is 3.80. The van der Waals surface area contributed by atoms with Crippen LogP contribution in [0.2, 0.25) is 0 Å². The van der Waals surface area contributed by atoms with Gasteiger partial charge in [-0.25, -0.2) is 9.62 Å². The van der Waals surface area contributed by atoms with Gasteiger partial charge in [0.05, 0.1) is 12.7 Å². The Hall–Kier alpha value is -0.730. The number of nitrogens with zero attached hydrogens (tertiary/aromatic N) is 2. The van der Waals surface area contributed by atoms with Crippen molar-refractivity contribution in [1.82, 2.24) is 4.90 Å². The quantitative estimate of drug-likeness (QED) is 0.594. The fourth-order valence-electron chi connectivity index (χ4n) is 1.87. The summed E-state index contributed by atoms with van der Waals surface area (Å²) in [6.07, 6.45) is 3.87. The number of hydrogen-bond donors (Lipinski definition) is 1. The molecule has 0 saturated carbocycles. The van der Waals surface area contributed by atoms with E-state index in [1.165, 1.54) is 17.3 Å². The minimum Gasteiger partial charge on any atom is -0.329 e. The minimum atomic E-state index is -4.94. The Bertz CT molecular complexity index is 410. The van der Waals surface area contributed by atoms with E-state index in [4.69, 9.17) is 0 Å². The third-order valence-corrected chi connectivity index (χ3v) is 3.90. The molecule has 0 bridgehead atoms. The molecule has 0 aromatic heterocycles. The van der Waals surface area contributed by atoms with Crippen molar-refractivity contribution in [3.05, 3.63) is 12.4 Å². The van der Waals surface area contributed by atoms with Crippen molar-refractivity contribution in [2.75, 3.05) is 20.3 Å². The zero-order valence-electron chi connectivity index (χ0n) is 9.94. The van der Waals surface area contributed by atoms with Crippen LogP contribution in [0.1, 0.15) is 19.8 Å². The summed E-state index contributed by atoms with van der Waals surface area (Å²) in [7, 11) is -3.32. The third kappa shape index (κ3) is 2.43. The number of hydrogen-bond acceptors (Lipinski definition) is 3. The van der Waals surface area contributed by atoms with Crippen molar-refractivity contribution in [2.24, 2.45) is 5.14 Å². The van der Waals surface area contributed by atoms with E-state index in [1.54, 1.807) is 7.05 Å². The lowest BCUT2D eigenvalue weighted by Gasteiger charge is -2.36. The van der Waals surface area contributed by atoms with Crippen molar-refractivity contribution in [1.29, 1.82) is 0 Å². The monoisotopic (exact) mass is 270 g/mol. The maximum Gasteiger partial charge on any atom is 0.516 e. The number of unbranched alkanes of at least 4 members (excludes halogenated alkanes) is 1. The van der Waals surface area contributed by atoms with E-state index in [0.29, 0.717) is 12.8 Å². The van der Waals surface area contributed by atoms with Gasteiger partial charge in [0.25, 0.3) is 0 Å². The zero-order valence-corrected chi connectivity index (χ0v) is 10.8. The molecule has 1 rings (SSSR count). The Morgan fingerprint density at radius 1 is 1.53 bits per heavy atom. The molecule has 1 unspecified atom stereocenters. The molecule has 17 heavy (non-hydrogen) atoms. The maximum absolute atomic E-state index is 14.0. The highest BCUT2D eigenvalue weighted by Crippen LogP contribution is 2.37. The minimum absolute atomic E-state index is 0.0424.